The summed E-state index contributed by atoms with van der Waals surface area (Å²) in [6.45, 7) is 0. The Morgan fingerprint density at radius 3 is 0.961 bits per heavy atom. The summed E-state index contributed by atoms with van der Waals surface area (Å²) in [5.74, 6) is 0. The van der Waals surface area contributed by atoms with Crippen LogP contribution in [-0.2, 0) is 0 Å². The van der Waals surface area contributed by atoms with Crippen LogP contribution in [0.25, 0.3) is 153 Å². The van der Waals surface area contributed by atoms with Crippen LogP contribution in [0.4, 0.5) is 0 Å². The number of thiophene rings is 1. The molecule has 5 heteroatoms. The quantitative estimate of drug-likeness (QED) is 0.112. The first-order valence-electron chi connectivity index (χ1n) is 26.0. The molecule has 0 bridgehead atoms. The van der Waals surface area contributed by atoms with E-state index < -0.39 is 0 Å². The summed E-state index contributed by atoms with van der Waals surface area (Å²) in [5.41, 5.74) is 23.3. The van der Waals surface area contributed by atoms with Crippen molar-refractivity contribution in [3.63, 3.8) is 0 Å². The molecule has 0 unspecified atom stereocenters. The van der Waals surface area contributed by atoms with E-state index in [0.29, 0.717) is 0 Å². The standard InChI is InChI=1S/C72H44N4S/c1-5-17-47(18-6-1)59-43-65-66(44-60(59)48-19-7-2-8-20-48)74-63-41-53(37-39-61(63)73-65)45-29-33-51(34-30-45)71-67(49-21-9-3-10-22-49)68(50-23-11-4-12-24-50)72(77-71)52-35-31-46(32-36-52)54-38-40-62-64(42-54)76-70-58-28-16-14-26-56(58)55-25-13-15-27-57(55)69(70)75-62/h1-44H. The van der Waals surface area contributed by atoms with Crippen LogP contribution in [0, 0.1) is 0 Å². The molecular weight excluding hydrogens is 953 g/mol. The molecule has 0 fully saturated rings. The fourth-order valence-electron chi connectivity index (χ4n) is 11.3. The number of benzene rings is 12. The predicted octanol–water partition coefficient (Wildman–Crippen LogP) is 19.6. The highest BCUT2D eigenvalue weighted by molar-refractivity contribution is 7.20. The van der Waals surface area contributed by atoms with Crippen molar-refractivity contribution in [2.45, 2.75) is 0 Å². The Bertz CT molecular complexity index is 4750. The molecule has 77 heavy (non-hydrogen) atoms. The smallest absolute Gasteiger partial charge is 0.0979 e. The van der Waals surface area contributed by atoms with Gasteiger partial charge in [0.15, 0.2) is 0 Å². The molecule has 0 radical (unpaired) electrons. The van der Waals surface area contributed by atoms with E-state index in [4.69, 9.17) is 19.9 Å². The fourth-order valence-corrected chi connectivity index (χ4v) is 12.7. The lowest BCUT2D eigenvalue weighted by molar-refractivity contribution is 1.39. The second-order valence-corrected chi connectivity index (χ2v) is 20.7. The van der Waals surface area contributed by atoms with Crippen LogP contribution < -0.4 is 0 Å². The van der Waals surface area contributed by atoms with Crippen LogP contribution in [0.3, 0.4) is 0 Å². The minimum atomic E-state index is 0.865. The zero-order chi connectivity index (χ0) is 50.8. The minimum absolute atomic E-state index is 0.865. The normalized spacial score (nSPS) is 11.6. The Morgan fingerprint density at radius 1 is 0.208 bits per heavy atom. The molecular formula is C72H44N4S. The van der Waals surface area contributed by atoms with E-state index in [0.717, 1.165) is 105 Å². The summed E-state index contributed by atoms with van der Waals surface area (Å²) in [6, 6.07) is 95.3. The zero-order valence-corrected chi connectivity index (χ0v) is 42.4. The van der Waals surface area contributed by atoms with E-state index in [1.54, 1.807) is 0 Å². The highest BCUT2D eigenvalue weighted by Crippen LogP contribution is 2.52. The maximum Gasteiger partial charge on any atom is 0.0979 e. The van der Waals surface area contributed by atoms with Gasteiger partial charge in [-0.2, -0.15) is 0 Å². The molecule has 15 rings (SSSR count). The van der Waals surface area contributed by atoms with Crippen LogP contribution >= 0.6 is 11.3 Å². The monoisotopic (exact) mass is 996 g/mol. The van der Waals surface area contributed by atoms with Crippen molar-refractivity contribution in [3.8, 4) is 87.6 Å². The maximum atomic E-state index is 5.32. The number of hydrogen-bond acceptors (Lipinski definition) is 5. The van der Waals surface area contributed by atoms with Gasteiger partial charge < -0.3 is 0 Å². The Balaban J connectivity index is 0.805. The van der Waals surface area contributed by atoms with Crippen LogP contribution in [0.5, 0.6) is 0 Å². The molecule has 0 aliphatic heterocycles. The van der Waals surface area contributed by atoms with Gasteiger partial charge in [0, 0.05) is 31.7 Å². The van der Waals surface area contributed by atoms with Gasteiger partial charge in [-0.1, -0.05) is 231 Å². The van der Waals surface area contributed by atoms with E-state index in [1.165, 1.54) is 48.3 Å². The summed E-state index contributed by atoms with van der Waals surface area (Å²) in [6.07, 6.45) is 0. The topological polar surface area (TPSA) is 51.6 Å². The Labute approximate surface area is 448 Å². The Kier molecular flexibility index (Phi) is 10.7. The van der Waals surface area contributed by atoms with Gasteiger partial charge in [-0.25, -0.2) is 19.9 Å². The number of fused-ring (bicyclic) bond motifs is 9. The molecule has 0 saturated carbocycles. The third-order valence-electron chi connectivity index (χ3n) is 15.1. The van der Waals surface area contributed by atoms with Crippen molar-refractivity contribution in [3.05, 3.63) is 267 Å². The van der Waals surface area contributed by atoms with E-state index >= 15 is 0 Å². The third-order valence-corrected chi connectivity index (χ3v) is 16.3. The van der Waals surface area contributed by atoms with Crippen molar-refractivity contribution in [2.24, 2.45) is 0 Å². The maximum absolute atomic E-state index is 5.32. The lowest BCUT2D eigenvalue weighted by Gasteiger charge is -2.13. The Hall–Kier alpha value is -9.94. The summed E-state index contributed by atoms with van der Waals surface area (Å²) in [4.78, 5) is 23.4. The molecule has 12 aromatic carbocycles. The molecule has 0 N–H and O–H groups in total. The lowest BCUT2D eigenvalue weighted by atomic mass is 9.91. The highest BCUT2D eigenvalue weighted by Gasteiger charge is 2.24. The van der Waals surface area contributed by atoms with E-state index in [2.05, 4.69) is 267 Å². The molecule has 358 valence electrons. The van der Waals surface area contributed by atoms with Crippen LogP contribution in [-0.4, -0.2) is 19.9 Å². The molecule has 3 heterocycles. The second kappa shape index (κ2) is 18.5. The molecule has 0 aliphatic rings. The van der Waals surface area contributed by atoms with Crippen molar-refractivity contribution < 1.29 is 0 Å². The van der Waals surface area contributed by atoms with Crippen molar-refractivity contribution >= 4 is 77.0 Å². The van der Waals surface area contributed by atoms with E-state index in [9.17, 15) is 0 Å². The fraction of sp³-hybridized carbons (Fsp3) is 0. The number of aromatic nitrogens is 4. The Morgan fingerprint density at radius 2 is 0.519 bits per heavy atom. The largest absolute Gasteiger partial charge is 0.244 e. The van der Waals surface area contributed by atoms with Crippen molar-refractivity contribution in [1.29, 1.82) is 0 Å². The molecule has 0 spiro atoms. The number of rotatable bonds is 8. The molecule has 0 saturated heterocycles. The third kappa shape index (κ3) is 7.83. The van der Waals surface area contributed by atoms with Crippen LogP contribution in [0.2, 0.25) is 0 Å². The minimum Gasteiger partial charge on any atom is -0.244 e. The SMILES string of the molecule is c1ccc(-c2cc3nc4ccc(-c5ccc(-c6sc(-c7ccc(-c8ccc9nc%10c%11ccccc%11c%11ccccc%11c%10nc9c8)cc7)c(-c7ccccc7)c6-c6ccccc6)cc5)cc4nc3cc2-c2ccccc2)cc1. The number of nitrogens with zero attached hydrogens (tertiary/aromatic N) is 4. The van der Waals surface area contributed by atoms with Crippen LogP contribution in [0.1, 0.15) is 0 Å². The summed E-state index contributed by atoms with van der Waals surface area (Å²) in [5, 5.41) is 4.63. The van der Waals surface area contributed by atoms with Gasteiger partial charge in [-0.15, -0.1) is 11.3 Å². The van der Waals surface area contributed by atoms with Crippen molar-refractivity contribution in [1.82, 2.24) is 19.9 Å². The predicted molar refractivity (Wildman–Crippen MR) is 324 cm³/mol. The van der Waals surface area contributed by atoms with E-state index in [1.807, 2.05) is 11.3 Å². The van der Waals surface area contributed by atoms with Crippen molar-refractivity contribution in [2.75, 3.05) is 0 Å². The van der Waals surface area contributed by atoms with Gasteiger partial charge in [0.05, 0.1) is 44.1 Å². The molecule has 4 nitrogen and oxygen atoms in total. The van der Waals surface area contributed by atoms with Crippen LogP contribution in [0.15, 0.2) is 267 Å². The summed E-state index contributed by atoms with van der Waals surface area (Å²) in [7, 11) is 0. The van der Waals surface area contributed by atoms with Gasteiger partial charge >= 0.3 is 0 Å². The van der Waals surface area contributed by atoms with Gasteiger partial charge in [0.1, 0.15) is 0 Å². The average molecular weight is 997 g/mol. The first-order chi connectivity index (χ1) is 38.1. The summed E-state index contributed by atoms with van der Waals surface area (Å²) >= 11 is 1.86. The average Bonchev–Trinajstić information content (AvgIpc) is 3.98. The molecule has 3 aromatic heterocycles. The first kappa shape index (κ1) is 44.5. The second-order valence-electron chi connectivity index (χ2n) is 19.7. The molecule has 0 atom stereocenters. The molecule has 15 aromatic rings. The van der Waals surface area contributed by atoms with E-state index in [-0.39, 0.29) is 0 Å². The van der Waals surface area contributed by atoms with Gasteiger partial charge in [0.25, 0.3) is 0 Å². The molecule has 0 aliphatic carbocycles. The lowest BCUT2D eigenvalue weighted by Crippen LogP contribution is -1.92. The summed E-state index contributed by atoms with van der Waals surface area (Å²) < 4.78 is 0. The van der Waals surface area contributed by atoms with Gasteiger partial charge in [0.2, 0.25) is 0 Å². The highest BCUT2D eigenvalue weighted by atomic mass is 32.1. The first-order valence-corrected chi connectivity index (χ1v) is 26.8. The number of hydrogen-bond donors (Lipinski definition) is 0. The van der Waals surface area contributed by atoms with Gasteiger partial charge in [-0.05, 0) is 114 Å². The molecule has 0 amide bonds. The zero-order valence-electron chi connectivity index (χ0n) is 41.6. The van der Waals surface area contributed by atoms with Gasteiger partial charge in [-0.3, -0.25) is 0 Å².